The van der Waals surface area contributed by atoms with Crippen molar-refractivity contribution >= 4 is 25.5 Å². The molecule has 114 valence electrons. The Morgan fingerprint density at radius 1 is 1.18 bits per heavy atom. The van der Waals surface area contributed by atoms with E-state index in [0.717, 1.165) is 11.4 Å². The van der Waals surface area contributed by atoms with Crippen LogP contribution < -0.4 is 9.76 Å². The normalized spacial score (nSPS) is 17.5. The number of non-ortho nitro benzene ring substituents is 1. The molecule has 3 rings (SSSR count). The van der Waals surface area contributed by atoms with Gasteiger partial charge in [0.05, 0.1) is 11.5 Å². The molecule has 0 amide bonds. The molecule has 1 N–H and O–H groups in total. The van der Waals surface area contributed by atoms with E-state index in [9.17, 15) is 14.5 Å². The lowest BCUT2D eigenvalue weighted by Crippen LogP contribution is -2.15. The maximum absolute atomic E-state index is 12.9. The summed E-state index contributed by atoms with van der Waals surface area (Å²) < 4.78 is 20.6. The Hall–Kier alpha value is -2.24. The Bertz CT molecular complexity index is 666. The van der Waals surface area contributed by atoms with Crippen molar-refractivity contribution in [2.24, 2.45) is 0 Å². The molecule has 0 radical (unpaired) electrons. The molecule has 2 aromatic rings. The summed E-state index contributed by atoms with van der Waals surface area (Å²) in [5.74, 6) is -0.294. The summed E-state index contributed by atoms with van der Waals surface area (Å²) in [5, 5.41) is 13.9. The Balaban J connectivity index is 1.75. The van der Waals surface area contributed by atoms with Crippen LogP contribution in [0, 0.1) is 15.9 Å². The van der Waals surface area contributed by atoms with Crippen LogP contribution in [-0.2, 0) is 4.52 Å². The average molecular weight is 321 g/mol. The van der Waals surface area contributed by atoms with Crippen LogP contribution in [-0.4, -0.2) is 18.1 Å². The first-order valence-corrected chi connectivity index (χ1v) is 7.82. The lowest BCUT2D eigenvalue weighted by molar-refractivity contribution is -0.384. The van der Waals surface area contributed by atoms with Gasteiger partial charge in [0.25, 0.3) is 5.69 Å². The van der Waals surface area contributed by atoms with E-state index >= 15 is 0 Å². The van der Waals surface area contributed by atoms with E-state index in [0.29, 0.717) is 13.2 Å². The molecular weight excluding hydrogens is 308 g/mol. The van der Waals surface area contributed by atoms with E-state index in [1.54, 1.807) is 24.3 Å². The third-order valence-corrected chi connectivity index (χ3v) is 4.91. The molecule has 8 heteroatoms. The van der Waals surface area contributed by atoms with Gasteiger partial charge < -0.3 is 14.3 Å². The average Bonchev–Trinajstić information content (AvgIpc) is 2.98. The Morgan fingerprint density at radius 3 is 2.50 bits per heavy atom. The number of halogens is 1. The van der Waals surface area contributed by atoms with Crippen molar-refractivity contribution in [2.75, 3.05) is 22.9 Å². The van der Waals surface area contributed by atoms with Crippen LogP contribution in [0.5, 0.6) is 0 Å². The second kappa shape index (κ2) is 6.25. The first kappa shape index (κ1) is 14.7. The molecule has 0 aromatic heterocycles. The zero-order valence-corrected chi connectivity index (χ0v) is 12.4. The van der Waals surface area contributed by atoms with E-state index in [1.165, 1.54) is 24.3 Å². The maximum atomic E-state index is 12.9. The van der Waals surface area contributed by atoms with Crippen molar-refractivity contribution < 1.29 is 13.8 Å². The highest BCUT2D eigenvalue weighted by atomic mass is 31.2. The Kier molecular flexibility index (Phi) is 4.18. The summed E-state index contributed by atoms with van der Waals surface area (Å²) in [5.41, 5.74) is 1.67. The molecule has 1 saturated heterocycles. The van der Waals surface area contributed by atoms with Crippen molar-refractivity contribution in [3.05, 3.63) is 64.5 Å². The number of nitro groups is 1. The molecule has 1 aliphatic heterocycles. The topological polar surface area (TPSA) is 67.6 Å². The van der Waals surface area contributed by atoms with E-state index in [4.69, 9.17) is 4.52 Å². The summed E-state index contributed by atoms with van der Waals surface area (Å²) >= 11 is 0. The van der Waals surface area contributed by atoms with Crippen LogP contribution in [0.4, 0.5) is 21.5 Å². The van der Waals surface area contributed by atoms with Gasteiger partial charge in [0.15, 0.2) is 0 Å². The van der Waals surface area contributed by atoms with Crippen LogP contribution in [0.15, 0.2) is 48.5 Å². The number of nitrogens with zero attached hydrogens (tertiary/aromatic N) is 2. The Labute approximate surface area is 127 Å². The molecule has 1 aliphatic rings. The maximum Gasteiger partial charge on any atom is 0.269 e. The van der Waals surface area contributed by atoms with E-state index < -0.39 is 13.4 Å². The lowest BCUT2D eigenvalue weighted by atomic mass is 10.3. The summed E-state index contributed by atoms with van der Waals surface area (Å²) in [6, 6.07) is 12.4. The van der Waals surface area contributed by atoms with Gasteiger partial charge in [-0.2, -0.15) is 0 Å². The molecule has 1 atom stereocenters. The van der Waals surface area contributed by atoms with Crippen molar-refractivity contribution in [1.29, 1.82) is 0 Å². The van der Waals surface area contributed by atoms with Crippen LogP contribution in [0.1, 0.15) is 0 Å². The number of rotatable bonds is 4. The van der Waals surface area contributed by atoms with E-state index in [2.05, 4.69) is 5.09 Å². The highest BCUT2D eigenvalue weighted by molar-refractivity contribution is 7.56. The van der Waals surface area contributed by atoms with Gasteiger partial charge >= 0.3 is 0 Å². The third-order valence-electron chi connectivity index (χ3n) is 3.16. The SMILES string of the molecule is O=[N+]([O-])c1ccc(N2CCOP2Nc2ccc(F)cc2)cc1. The van der Waals surface area contributed by atoms with Gasteiger partial charge in [-0.25, -0.2) is 4.39 Å². The van der Waals surface area contributed by atoms with Gasteiger partial charge in [0, 0.05) is 30.1 Å². The number of nitro benzene ring substituents is 1. The molecule has 0 spiro atoms. The number of hydrogen-bond donors (Lipinski definition) is 1. The smallest absolute Gasteiger partial charge is 0.269 e. The molecule has 0 bridgehead atoms. The minimum atomic E-state index is -1.10. The summed E-state index contributed by atoms with van der Waals surface area (Å²) in [4.78, 5) is 10.3. The largest absolute Gasteiger partial charge is 0.325 e. The van der Waals surface area contributed by atoms with E-state index in [1.807, 2.05) is 4.67 Å². The lowest BCUT2D eigenvalue weighted by Gasteiger charge is -2.24. The zero-order valence-electron chi connectivity index (χ0n) is 11.5. The number of benzene rings is 2. The van der Waals surface area contributed by atoms with E-state index in [-0.39, 0.29) is 11.5 Å². The molecule has 1 fully saturated rings. The molecule has 22 heavy (non-hydrogen) atoms. The number of nitrogens with one attached hydrogen (secondary N) is 1. The molecular formula is C14H13FN3O3P. The van der Waals surface area contributed by atoms with Gasteiger partial charge in [0.1, 0.15) is 5.82 Å². The molecule has 6 nitrogen and oxygen atoms in total. The van der Waals surface area contributed by atoms with Crippen LogP contribution in [0.3, 0.4) is 0 Å². The molecule has 1 heterocycles. The van der Waals surface area contributed by atoms with Crippen molar-refractivity contribution in [3.63, 3.8) is 0 Å². The van der Waals surface area contributed by atoms with Gasteiger partial charge in [-0.05, 0) is 36.4 Å². The minimum Gasteiger partial charge on any atom is -0.325 e. The third kappa shape index (κ3) is 3.16. The van der Waals surface area contributed by atoms with Gasteiger partial charge in [-0.15, -0.1) is 0 Å². The van der Waals surface area contributed by atoms with Crippen LogP contribution in [0.25, 0.3) is 0 Å². The van der Waals surface area contributed by atoms with Gasteiger partial charge in [0.2, 0.25) is 8.45 Å². The van der Waals surface area contributed by atoms with Crippen molar-refractivity contribution in [3.8, 4) is 0 Å². The fourth-order valence-corrected chi connectivity index (χ4v) is 3.64. The minimum absolute atomic E-state index is 0.0553. The summed E-state index contributed by atoms with van der Waals surface area (Å²) in [6.07, 6.45) is 0. The quantitative estimate of drug-likeness (QED) is 0.525. The second-order valence-electron chi connectivity index (χ2n) is 4.62. The molecule has 0 aliphatic carbocycles. The first-order chi connectivity index (χ1) is 10.6. The van der Waals surface area contributed by atoms with Gasteiger partial charge in [-0.1, -0.05) is 0 Å². The molecule has 2 aromatic carbocycles. The van der Waals surface area contributed by atoms with Crippen LogP contribution in [0.2, 0.25) is 0 Å². The highest BCUT2D eigenvalue weighted by Crippen LogP contribution is 2.48. The number of anilines is 2. The summed E-state index contributed by atoms with van der Waals surface area (Å²) in [7, 11) is -1.10. The Morgan fingerprint density at radius 2 is 1.86 bits per heavy atom. The van der Waals surface area contributed by atoms with Crippen molar-refractivity contribution in [1.82, 2.24) is 0 Å². The first-order valence-electron chi connectivity index (χ1n) is 6.61. The molecule has 1 unspecified atom stereocenters. The number of hydrogen-bond acceptors (Lipinski definition) is 5. The predicted molar refractivity (Wildman–Crippen MR) is 83.3 cm³/mol. The standard InChI is InChI=1S/C14H13FN3O3P/c15-11-1-3-12(4-2-11)16-22-17(9-10-21-22)13-5-7-14(8-6-13)18(19)20/h1-8,16H,9-10H2. The molecule has 0 saturated carbocycles. The predicted octanol–water partition coefficient (Wildman–Crippen LogP) is 3.91. The monoisotopic (exact) mass is 321 g/mol. The van der Waals surface area contributed by atoms with Gasteiger partial charge in [-0.3, -0.25) is 10.1 Å². The summed E-state index contributed by atoms with van der Waals surface area (Å²) in [6.45, 7) is 1.26. The fraction of sp³-hybridized carbons (Fsp3) is 0.143. The second-order valence-corrected chi connectivity index (χ2v) is 6.13. The van der Waals surface area contributed by atoms with Crippen LogP contribution >= 0.6 is 8.45 Å². The zero-order chi connectivity index (χ0) is 15.5. The van der Waals surface area contributed by atoms with Crippen molar-refractivity contribution in [2.45, 2.75) is 0 Å². The fourth-order valence-electron chi connectivity index (χ4n) is 2.08. The highest BCUT2D eigenvalue weighted by Gasteiger charge is 2.27.